The number of ether oxygens (including phenoxy) is 2. The third-order valence-electron chi connectivity index (χ3n) is 3.53. The summed E-state index contributed by atoms with van der Waals surface area (Å²) in [6, 6.07) is 0. The van der Waals surface area contributed by atoms with Gasteiger partial charge in [-0.3, -0.25) is 0 Å². The molecule has 0 amide bonds. The quantitative estimate of drug-likeness (QED) is 0.732. The molecule has 1 unspecified atom stereocenters. The summed E-state index contributed by atoms with van der Waals surface area (Å²) in [6.45, 7) is 18.3. The van der Waals surface area contributed by atoms with E-state index >= 15 is 0 Å². The van der Waals surface area contributed by atoms with Gasteiger partial charge in [-0.25, -0.2) is 0 Å². The van der Waals surface area contributed by atoms with Crippen LogP contribution in [0, 0.1) is 5.92 Å². The van der Waals surface area contributed by atoms with E-state index in [1.54, 1.807) is 0 Å². The van der Waals surface area contributed by atoms with E-state index in [1.807, 2.05) is 13.8 Å². The van der Waals surface area contributed by atoms with Gasteiger partial charge in [0.05, 0.1) is 17.8 Å². The number of hydrogen-bond acceptors (Lipinski definition) is 3. The van der Waals surface area contributed by atoms with E-state index in [2.05, 4.69) is 41.5 Å². The van der Waals surface area contributed by atoms with Crippen molar-refractivity contribution in [3.63, 3.8) is 0 Å². The SMILES string of the molecule is CC(C)C(C)(CCOC(C)(C)C)OCCC(C)(C)N. The molecular weight excluding hydrogens is 238 g/mol. The van der Waals surface area contributed by atoms with Gasteiger partial charge >= 0.3 is 0 Å². The minimum absolute atomic E-state index is 0.0862. The fourth-order valence-corrected chi connectivity index (χ4v) is 1.63. The van der Waals surface area contributed by atoms with Crippen molar-refractivity contribution in [2.75, 3.05) is 13.2 Å². The van der Waals surface area contributed by atoms with Crippen molar-refractivity contribution in [1.82, 2.24) is 0 Å². The largest absolute Gasteiger partial charge is 0.376 e. The zero-order chi connectivity index (χ0) is 15.3. The highest BCUT2D eigenvalue weighted by atomic mass is 16.5. The fourth-order valence-electron chi connectivity index (χ4n) is 1.63. The van der Waals surface area contributed by atoms with Crippen LogP contribution in [0.25, 0.3) is 0 Å². The van der Waals surface area contributed by atoms with E-state index in [-0.39, 0.29) is 16.7 Å². The van der Waals surface area contributed by atoms with E-state index < -0.39 is 0 Å². The van der Waals surface area contributed by atoms with Crippen molar-refractivity contribution >= 4 is 0 Å². The Bertz CT molecular complexity index is 228. The van der Waals surface area contributed by atoms with Crippen LogP contribution < -0.4 is 5.73 Å². The zero-order valence-electron chi connectivity index (χ0n) is 14.3. The summed E-state index contributed by atoms with van der Waals surface area (Å²) in [5.41, 5.74) is 5.60. The molecule has 0 saturated carbocycles. The van der Waals surface area contributed by atoms with Crippen LogP contribution in [0.5, 0.6) is 0 Å². The minimum Gasteiger partial charge on any atom is -0.376 e. The second kappa shape index (κ2) is 7.05. The average molecular weight is 273 g/mol. The Kier molecular flexibility index (Phi) is 7.01. The van der Waals surface area contributed by atoms with Gasteiger partial charge in [0.2, 0.25) is 0 Å². The Balaban J connectivity index is 4.27. The first-order chi connectivity index (χ1) is 8.36. The Morgan fingerprint density at radius 3 is 1.68 bits per heavy atom. The first kappa shape index (κ1) is 18.9. The molecule has 0 aromatic rings. The maximum absolute atomic E-state index is 6.12. The Hall–Kier alpha value is -0.120. The molecule has 3 heteroatoms. The summed E-state index contributed by atoms with van der Waals surface area (Å²) in [7, 11) is 0. The highest BCUT2D eigenvalue weighted by molar-refractivity contribution is 4.80. The molecule has 0 aliphatic carbocycles. The van der Waals surface area contributed by atoms with Gasteiger partial charge in [0.15, 0.2) is 0 Å². The maximum atomic E-state index is 6.12. The summed E-state index contributed by atoms with van der Waals surface area (Å²) in [4.78, 5) is 0. The second-order valence-corrected chi connectivity index (χ2v) is 7.77. The molecule has 0 radical (unpaired) electrons. The fraction of sp³-hybridized carbons (Fsp3) is 1.00. The molecule has 0 heterocycles. The lowest BCUT2D eigenvalue weighted by molar-refractivity contribution is -0.101. The van der Waals surface area contributed by atoms with Gasteiger partial charge in [-0.1, -0.05) is 13.8 Å². The molecule has 0 rings (SSSR count). The molecule has 3 nitrogen and oxygen atoms in total. The Morgan fingerprint density at radius 2 is 1.32 bits per heavy atom. The summed E-state index contributed by atoms with van der Waals surface area (Å²) in [5, 5.41) is 0. The normalized spacial score (nSPS) is 16.7. The first-order valence-electron chi connectivity index (χ1n) is 7.42. The third kappa shape index (κ3) is 9.42. The molecule has 2 N–H and O–H groups in total. The van der Waals surface area contributed by atoms with Crippen LogP contribution in [-0.4, -0.2) is 30.0 Å². The summed E-state index contributed by atoms with van der Waals surface area (Å²) in [5.74, 6) is 0.456. The second-order valence-electron chi connectivity index (χ2n) is 7.77. The van der Waals surface area contributed by atoms with E-state index in [1.165, 1.54) is 0 Å². The van der Waals surface area contributed by atoms with Gasteiger partial charge in [-0.15, -0.1) is 0 Å². The van der Waals surface area contributed by atoms with Crippen LogP contribution in [0.15, 0.2) is 0 Å². The van der Waals surface area contributed by atoms with Crippen LogP contribution in [0.1, 0.15) is 68.2 Å². The molecule has 19 heavy (non-hydrogen) atoms. The molecule has 0 spiro atoms. The standard InChI is InChI=1S/C16H35NO2/c1-13(2)16(8,10-12-18-14(3,4)5)19-11-9-15(6,7)17/h13H,9-12,17H2,1-8H3. The van der Waals surface area contributed by atoms with Gasteiger partial charge in [0.25, 0.3) is 0 Å². The lowest BCUT2D eigenvalue weighted by Crippen LogP contribution is -2.40. The van der Waals surface area contributed by atoms with Gasteiger partial charge < -0.3 is 15.2 Å². The van der Waals surface area contributed by atoms with Crippen molar-refractivity contribution in [1.29, 1.82) is 0 Å². The summed E-state index contributed by atoms with van der Waals surface area (Å²) >= 11 is 0. The molecule has 1 atom stereocenters. The van der Waals surface area contributed by atoms with E-state index in [0.717, 1.165) is 19.4 Å². The van der Waals surface area contributed by atoms with Gasteiger partial charge in [0.1, 0.15) is 0 Å². The number of hydrogen-bond donors (Lipinski definition) is 1. The van der Waals surface area contributed by atoms with Gasteiger partial charge in [-0.05, 0) is 60.3 Å². The molecular formula is C16H35NO2. The van der Waals surface area contributed by atoms with Crippen molar-refractivity contribution in [2.24, 2.45) is 11.7 Å². The number of rotatable bonds is 8. The minimum atomic E-state index is -0.167. The smallest absolute Gasteiger partial charge is 0.0699 e. The molecule has 116 valence electrons. The lowest BCUT2D eigenvalue weighted by Gasteiger charge is -2.36. The Labute approximate surface area is 120 Å². The highest BCUT2D eigenvalue weighted by Gasteiger charge is 2.30. The van der Waals surface area contributed by atoms with Crippen LogP contribution in [0.2, 0.25) is 0 Å². The average Bonchev–Trinajstić information content (AvgIpc) is 2.12. The van der Waals surface area contributed by atoms with Gasteiger partial charge in [-0.2, -0.15) is 0 Å². The third-order valence-corrected chi connectivity index (χ3v) is 3.53. The van der Waals surface area contributed by atoms with Crippen molar-refractivity contribution in [2.45, 2.75) is 85.0 Å². The number of nitrogens with two attached hydrogens (primary N) is 1. The molecule has 0 aromatic carbocycles. The van der Waals surface area contributed by atoms with Crippen LogP contribution in [0.4, 0.5) is 0 Å². The molecule has 0 bridgehead atoms. The van der Waals surface area contributed by atoms with Gasteiger partial charge in [0, 0.05) is 12.1 Å². The Morgan fingerprint density at radius 1 is 0.842 bits per heavy atom. The first-order valence-corrected chi connectivity index (χ1v) is 7.42. The highest BCUT2D eigenvalue weighted by Crippen LogP contribution is 2.27. The van der Waals surface area contributed by atoms with E-state index in [9.17, 15) is 0 Å². The predicted molar refractivity (Wildman–Crippen MR) is 82.4 cm³/mol. The summed E-state index contributed by atoms with van der Waals surface area (Å²) in [6.07, 6.45) is 1.78. The molecule has 0 fully saturated rings. The predicted octanol–water partition coefficient (Wildman–Crippen LogP) is 3.75. The van der Waals surface area contributed by atoms with Crippen molar-refractivity contribution in [3.8, 4) is 0 Å². The lowest BCUT2D eigenvalue weighted by atomic mass is 9.89. The van der Waals surface area contributed by atoms with E-state index in [0.29, 0.717) is 12.5 Å². The maximum Gasteiger partial charge on any atom is 0.0699 e. The topological polar surface area (TPSA) is 44.5 Å². The molecule has 0 aliphatic rings. The van der Waals surface area contributed by atoms with Crippen LogP contribution in [0.3, 0.4) is 0 Å². The zero-order valence-corrected chi connectivity index (χ0v) is 14.3. The van der Waals surface area contributed by atoms with Crippen molar-refractivity contribution in [3.05, 3.63) is 0 Å². The van der Waals surface area contributed by atoms with Crippen molar-refractivity contribution < 1.29 is 9.47 Å². The monoisotopic (exact) mass is 273 g/mol. The van der Waals surface area contributed by atoms with Crippen LogP contribution in [-0.2, 0) is 9.47 Å². The molecule has 0 aliphatic heterocycles. The summed E-state index contributed by atoms with van der Waals surface area (Å²) < 4.78 is 11.9. The van der Waals surface area contributed by atoms with E-state index in [4.69, 9.17) is 15.2 Å². The molecule has 0 saturated heterocycles. The van der Waals surface area contributed by atoms with Crippen LogP contribution >= 0.6 is 0 Å². The molecule has 0 aromatic heterocycles.